The van der Waals surface area contributed by atoms with Crippen molar-refractivity contribution in [3.8, 4) is 5.75 Å². The molecule has 1 N–H and O–H groups in total. The molecule has 0 bridgehead atoms. The summed E-state index contributed by atoms with van der Waals surface area (Å²) < 4.78 is 5.33. The zero-order valence-corrected chi connectivity index (χ0v) is 11.5. The maximum absolute atomic E-state index is 11.6. The van der Waals surface area contributed by atoms with Crippen LogP contribution in [0.4, 0.5) is 0 Å². The van der Waals surface area contributed by atoms with E-state index in [1.807, 2.05) is 32.0 Å². The Balaban J connectivity index is 0.000000771. The molecular weight excluding hydrogens is 226 g/mol. The minimum Gasteiger partial charge on any atom is -0.496 e. The highest BCUT2D eigenvalue weighted by Crippen LogP contribution is 2.27. The molecule has 0 saturated heterocycles. The number of ether oxygens (including phenoxy) is 1. The SMILES string of the molecule is CC.CCCc1c(OC)ccc2c(=O)[nH]ccc12. The summed E-state index contributed by atoms with van der Waals surface area (Å²) in [4.78, 5) is 14.3. The van der Waals surface area contributed by atoms with Crippen LogP contribution in [0, 0.1) is 0 Å². The van der Waals surface area contributed by atoms with Crippen molar-refractivity contribution < 1.29 is 4.74 Å². The number of pyridine rings is 1. The van der Waals surface area contributed by atoms with Crippen molar-refractivity contribution in [2.24, 2.45) is 0 Å². The van der Waals surface area contributed by atoms with Crippen LogP contribution in [-0.4, -0.2) is 12.1 Å². The second-order valence-electron chi connectivity index (χ2n) is 3.76. The maximum Gasteiger partial charge on any atom is 0.255 e. The van der Waals surface area contributed by atoms with Crippen molar-refractivity contribution in [3.63, 3.8) is 0 Å². The van der Waals surface area contributed by atoms with Gasteiger partial charge in [-0.15, -0.1) is 0 Å². The molecule has 0 fully saturated rings. The van der Waals surface area contributed by atoms with Crippen molar-refractivity contribution in [3.05, 3.63) is 40.3 Å². The number of aryl methyl sites for hydroxylation is 1. The van der Waals surface area contributed by atoms with Crippen LogP contribution in [0.1, 0.15) is 32.8 Å². The van der Waals surface area contributed by atoms with Gasteiger partial charge in [-0.05, 0) is 30.0 Å². The van der Waals surface area contributed by atoms with Crippen LogP contribution in [-0.2, 0) is 6.42 Å². The van der Waals surface area contributed by atoms with Gasteiger partial charge in [0.05, 0.1) is 7.11 Å². The first-order valence-corrected chi connectivity index (χ1v) is 6.45. The number of hydrogen-bond acceptors (Lipinski definition) is 2. The Morgan fingerprint density at radius 2 is 1.89 bits per heavy atom. The Kier molecular flexibility index (Phi) is 5.43. The third-order valence-corrected chi connectivity index (χ3v) is 2.74. The molecule has 18 heavy (non-hydrogen) atoms. The molecular formula is C15H21NO2. The number of H-pyrrole nitrogens is 1. The first kappa shape index (κ1) is 14.3. The fourth-order valence-electron chi connectivity index (χ4n) is 2.01. The summed E-state index contributed by atoms with van der Waals surface area (Å²) in [6.45, 7) is 6.12. The number of aromatic nitrogens is 1. The van der Waals surface area contributed by atoms with E-state index < -0.39 is 0 Å². The summed E-state index contributed by atoms with van der Waals surface area (Å²) in [5.74, 6) is 0.861. The Morgan fingerprint density at radius 1 is 1.17 bits per heavy atom. The fourth-order valence-corrected chi connectivity index (χ4v) is 2.01. The van der Waals surface area contributed by atoms with E-state index in [0.29, 0.717) is 0 Å². The number of hydrogen-bond donors (Lipinski definition) is 1. The Morgan fingerprint density at radius 3 is 2.50 bits per heavy atom. The van der Waals surface area contributed by atoms with Gasteiger partial charge in [-0.3, -0.25) is 4.79 Å². The minimum absolute atomic E-state index is 0.0440. The number of fused-ring (bicyclic) bond motifs is 1. The lowest BCUT2D eigenvalue weighted by atomic mass is 10.0. The second kappa shape index (κ2) is 6.84. The van der Waals surface area contributed by atoms with Crippen LogP contribution < -0.4 is 10.3 Å². The number of methoxy groups -OCH3 is 1. The summed E-state index contributed by atoms with van der Waals surface area (Å²) in [5, 5.41) is 1.72. The first-order valence-electron chi connectivity index (χ1n) is 6.45. The smallest absolute Gasteiger partial charge is 0.255 e. The third kappa shape index (κ3) is 2.73. The highest BCUT2D eigenvalue weighted by Gasteiger charge is 2.08. The molecule has 1 heterocycles. The van der Waals surface area contributed by atoms with E-state index >= 15 is 0 Å². The van der Waals surface area contributed by atoms with Gasteiger partial charge in [-0.25, -0.2) is 0 Å². The van der Waals surface area contributed by atoms with Gasteiger partial charge >= 0.3 is 0 Å². The molecule has 98 valence electrons. The molecule has 2 rings (SSSR count). The summed E-state index contributed by atoms with van der Waals surface area (Å²) in [7, 11) is 1.66. The van der Waals surface area contributed by atoms with E-state index in [0.717, 1.165) is 34.9 Å². The van der Waals surface area contributed by atoms with Crippen molar-refractivity contribution in [2.75, 3.05) is 7.11 Å². The standard InChI is InChI=1S/C13H15NO2.C2H6/c1-3-4-10-9-7-8-14-13(15)11(9)5-6-12(10)16-2;1-2/h5-8H,3-4H2,1-2H3,(H,14,15);1-2H3. The topological polar surface area (TPSA) is 42.1 Å². The fraction of sp³-hybridized carbons (Fsp3) is 0.400. The minimum atomic E-state index is -0.0440. The molecule has 2 aromatic rings. The third-order valence-electron chi connectivity index (χ3n) is 2.74. The van der Waals surface area contributed by atoms with Crippen molar-refractivity contribution in [1.82, 2.24) is 4.98 Å². The van der Waals surface area contributed by atoms with Crippen molar-refractivity contribution >= 4 is 10.8 Å². The lowest BCUT2D eigenvalue weighted by molar-refractivity contribution is 0.410. The average molecular weight is 247 g/mol. The molecule has 3 nitrogen and oxygen atoms in total. The van der Waals surface area contributed by atoms with Crippen LogP contribution in [0.15, 0.2) is 29.2 Å². The van der Waals surface area contributed by atoms with Crippen molar-refractivity contribution in [2.45, 2.75) is 33.6 Å². The number of nitrogens with one attached hydrogen (secondary N) is 1. The molecule has 0 amide bonds. The van der Waals surface area contributed by atoms with Gasteiger partial charge in [0, 0.05) is 17.1 Å². The molecule has 0 unspecified atom stereocenters. The average Bonchev–Trinajstić information content (AvgIpc) is 2.42. The monoisotopic (exact) mass is 247 g/mol. The molecule has 3 heteroatoms. The van der Waals surface area contributed by atoms with E-state index in [1.165, 1.54) is 0 Å². The summed E-state index contributed by atoms with van der Waals surface area (Å²) in [6, 6.07) is 5.61. The number of rotatable bonds is 3. The second-order valence-corrected chi connectivity index (χ2v) is 3.76. The Hall–Kier alpha value is -1.77. The number of benzene rings is 1. The largest absolute Gasteiger partial charge is 0.496 e. The zero-order chi connectivity index (χ0) is 13.5. The summed E-state index contributed by atoms with van der Waals surface area (Å²) in [5.41, 5.74) is 1.08. The molecule has 0 radical (unpaired) electrons. The van der Waals surface area contributed by atoms with Gasteiger partial charge in [0.25, 0.3) is 5.56 Å². The maximum atomic E-state index is 11.6. The van der Waals surface area contributed by atoms with E-state index in [1.54, 1.807) is 13.3 Å². The van der Waals surface area contributed by atoms with Crippen LogP contribution >= 0.6 is 0 Å². The van der Waals surface area contributed by atoms with Gasteiger partial charge in [0.1, 0.15) is 5.75 Å². The molecule has 0 saturated carbocycles. The van der Waals surface area contributed by atoms with E-state index in [4.69, 9.17) is 4.74 Å². The predicted octanol–water partition coefficient (Wildman–Crippen LogP) is 3.52. The first-order chi connectivity index (χ1) is 8.77. The van der Waals surface area contributed by atoms with Gasteiger partial charge in [0.2, 0.25) is 0 Å². The van der Waals surface area contributed by atoms with Gasteiger partial charge in [-0.1, -0.05) is 27.2 Å². The lowest BCUT2D eigenvalue weighted by Gasteiger charge is -2.10. The van der Waals surface area contributed by atoms with E-state index in [2.05, 4.69) is 11.9 Å². The van der Waals surface area contributed by atoms with Crippen LogP contribution in [0.5, 0.6) is 5.75 Å². The van der Waals surface area contributed by atoms with Crippen LogP contribution in [0.3, 0.4) is 0 Å². The quantitative estimate of drug-likeness (QED) is 0.901. The van der Waals surface area contributed by atoms with E-state index in [9.17, 15) is 4.79 Å². The molecule has 0 spiro atoms. The van der Waals surface area contributed by atoms with Gasteiger partial charge < -0.3 is 9.72 Å². The Bertz CT molecular complexity index is 558. The summed E-state index contributed by atoms with van der Waals surface area (Å²) >= 11 is 0. The molecule has 1 aromatic heterocycles. The lowest BCUT2D eigenvalue weighted by Crippen LogP contribution is -2.06. The van der Waals surface area contributed by atoms with Crippen molar-refractivity contribution in [1.29, 1.82) is 0 Å². The highest BCUT2D eigenvalue weighted by molar-refractivity contribution is 5.86. The van der Waals surface area contributed by atoms with Gasteiger partial charge in [-0.2, -0.15) is 0 Å². The summed E-state index contributed by atoms with van der Waals surface area (Å²) in [6.07, 6.45) is 3.63. The molecule has 0 atom stereocenters. The molecule has 1 aromatic carbocycles. The molecule has 0 aliphatic rings. The molecule has 0 aliphatic heterocycles. The van der Waals surface area contributed by atoms with Crippen LogP contribution in [0.2, 0.25) is 0 Å². The van der Waals surface area contributed by atoms with E-state index in [-0.39, 0.29) is 5.56 Å². The Labute approximate surface area is 108 Å². The predicted molar refractivity (Wildman–Crippen MR) is 76.5 cm³/mol. The zero-order valence-electron chi connectivity index (χ0n) is 11.5. The number of aromatic amines is 1. The van der Waals surface area contributed by atoms with Gasteiger partial charge in [0.15, 0.2) is 0 Å². The normalized spacial score (nSPS) is 9.78. The van der Waals surface area contributed by atoms with Crippen LogP contribution in [0.25, 0.3) is 10.8 Å². The highest BCUT2D eigenvalue weighted by atomic mass is 16.5. The molecule has 0 aliphatic carbocycles.